The Labute approximate surface area is 118 Å². The number of benzene rings is 1. The van der Waals surface area contributed by atoms with Crippen LogP contribution in [0.2, 0.25) is 5.02 Å². The van der Waals surface area contributed by atoms with E-state index in [2.05, 4.69) is 22.3 Å². The summed E-state index contributed by atoms with van der Waals surface area (Å²) < 4.78 is 0. The van der Waals surface area contributed by atoms with Gasteiger partial charge in [-0.1, -0.05) is 18.5 Å². The van der Waals surface area contributed by atoms with Crippen molar-refractivity contribution in [1.29, 1.82) is 0 Å². The van der Waals surface area contributed by atoms with E-state index in [0.29, 0.717) is 16.7 Å². The number of nitrogens with one attached hydrogen (secondary N) is 1. The smallest absolute Gasteiger partial charge is 0.162 e. The fraction of sp³-hybridized carbons (Fsp3) is 0.286. The van der Waals surface area contributed by atoms with Crippen LogP contribution in [0.25, 0.3) is 11.4 Å². The fourth-order valence-corrected chi connectivity index (χ4v) is 2.36. The summed E-state index contributed by atoms with van der Waals surface area (Å²) >= 11 is 5.97. The van der Waals surface area contributed by atoms with E-state index < -0.39 is 0 Å². The molecule has 0 bridgehead atoms. The predicted molar refractivity (Wildman–Crippen MR) is 79.1 cm³/mol. The number of anilines is 1. The number of nitrogen functional groups attached to an aromatic ring is 1. The molecule has 0 unspecified atom stereocenters. The molecule has 0 aliphatic carbocycles. The molecule has 0 saturated heterocycles. The molecule has 1 heterocycles. The zero-order chi connectivity index (χ0) is 14.0. The zero-order valence-corrected chi connectivity index (χ0v) is 12.0. The minimum atomic E-state index is 0.664. The van der Waals surface area contributed by atoms with Gasteiger partial charge in [0.2, 0.25) is 0 Å². The first kappa shape index (κ1) is 13.8. The lowest BCUT2D eigenvalue weighted by molar-refractivity contribution is 0.994. The largest absolute Gasteiger partial charge is 0.308 e. The Bertz CT molecular complexity index is 611. The Kier molecular flexibility index (Phi) is 4.02. The highest BCUT2D eigenvalue weighted by atomic mass is 35.5. The third-order valence-electron chi connectivity index (χ3n) is 3.13. The van der Waals surface area contributed by atoms with Crippen LogP contribution in [0.4, 0.5) is 5.82 Å². The number of hydrogen-bond donors (Lipinski definition) is 2. The summed E-state index contributed by atoms with van der Waals surface area (Å²) in [7, 11) is 0. The first-order chi connectivity index (χ1) is 9.06. The van der Waals surface area contributed by atoms with Gasteiger partial charge in [-0.25, -0.2) is 15.8 Å². The second kappa shape index (κ2) is 5.55. The van der Waals surface area contributed by atoms with Crippen LogP contribution in [-0.2, 0) is 6.42 Å². The van der Waals surface area contributed by atoms with E-state index in [-0.39, 0.29) is 0 Å². The van der Waals surface area contributed by atoms with Gasteiger partial charge in [-0.3, -0.25) is 0 Å². The molecule has 2 rings (SSSR count). The molecule has 19 heavy (non-hydrogen) atoms. The summed E-state index contributed by atoms with van der Waals surface area (Å²) in [5, 5.41) is 0.709. The highest BCUT2D eigenvalue weighted by Crippen LogP contribution is 2.26. The second-order valence-corrected chi connectivity index (χ2v) is 4.85. The summed E-state index contributed by atoms with van der Waals surface area (Å²) in [6, 6.07) is 5.67. The summed E-state index contributed by atoms with van der Waals surface area (Å²) in [6.45, 7) is 6.01. The Morgan fingerprint density at radius 3 is 2.58 bits per heavy atom. The maximum atomic E-state index is 5.97. The average molecular weight is 277 g/mol. The molecule has 0 atom stereocenters. The van der Waals surface area contributed by atoms with Crippen LogP contribution in [0, 0.1) is 13.8 Å². The third-order valence-corrected chi connectivity index (χ3v) is 3.37. The molecule has 1 aromatic heterocycles. The van der Waals surface area contributed by atoms with E-state index >= 15 is 0 Å². The Morgan fingerprint density at radius 1 is 1.26 bits per heavy atom. The molecule has 0 aliphatic heterocycles. The number of nitrogens with two attached hydrogens (primary N) is 1. The standard InChI is InChI=1S/C14H17ClN4/c1-4-11-9(3)17-13(18-14(11)19-16)12-6-5-10(15)7-8(12)2/h5-7H,4,16H2,1-3H3,(H,17,18,19). The first-order valence-corrected chi connectivity index (χ1v) is 6.55. The maximum absolute atomic E-state index is 5.97. The van der Waals surface area contributed by atoms with Gasteiger partial charge in [0.05, 0.1) is 0 Å². The second-order valence-electron chi connectivity index (χ2n) is 4.42. The van der Waals surface area contributed by atoms with Crippen LogP contribution in [0.3, 0.4) is 0 Å². The number of hydrazine groups is 1. The van der Waals surface area contributed by atoms with E-state index in [1.54, 1.807) is 0 Å². The average Bonchev–Trinajstić information content (AvgIpc) is 2.37. The van der Waals surface area contributed by atoms with Crippen LogP contribution in [0.1, 0.15) is 23.7 Å². The van der Waals surface area contributed by atoms with Gasteiger partial charge in [-0.15, -0.1) is 0 Å². The molecular weight excluding hydrogens is 260 g/mol. The van der Waals surface area contributed by atoms with Crippen molar-refractivity contribution in [3.8, 4) is 11.4 Å². The highest BCUT2D eigenvalue weighted by molar-refractivity contribution is 6.30. The molecule has 0 aliphatic rings. The zero-order valence-electron chi connectivity index (χ0n) is 11.3. The number of rotatable bonds is 3. The molecule has 4 nitrogen and oxygen atoms in total. The minimum absolute atomic E-state index is 0.664. The number of aromatic nitrogens is 2. The Morgan fingerprint density at radius 2 is 2.00 bits per heavy atom. The fourth-order valence-electron chi connectivity index (χ4n) is 2.14. The van der Waals surface area contributed by atoms with Crippen molar-refractivity contribution < 1.29 is 0 Å². The normalized spacial score (nSPS) is 10.6. The molecule has 1 aromatic carbocycles. The Balaban J connectivity index is 2.60. The molecule has 0 saturated carbocycles. The van der Waals surface area contributed by atoms with Crippen molar-refractivity contribution in [2.75, 3.05) is 5.43 Å². The van der Waals surface area contributed by atoms with Gasteiger partial charge in [-0.2, -0.15) is 0 Å². The van der Waals surface area contributed by atoms with Crippen molar-refractivity contribution in [3.63, 3.8) is 0 Å². The van der Waals surface area contributed by atoms with Gasteiger partial charge >= 0.3 is 0 Å². The van der Waals surface area contributed by atoms with Crippen LogP contribution in [-0.4, -0.2) is 9.97 Å². The van der Waals surface area contributed by atoms with Gasteiger partial charge in [-0.05, 0) is 44.0 Å². The number of hydrogen-bond acceptors (Lipinski definition) is 4. The van der Waals surface area contributed by atoms with E-state index in [0.717, 1.165) is 28.8 Å². The predicted octanol–water partition coefficient (Wildman–Crippen LogP) is 3.26. The highest BCUT2D eigenvalue weighted by Gasteiger charge is 2.12. The molecule has 100 valence electrons. The van der Waals surface area contributed by atoms with Gasteiger partial charge < -0.3 is 5.43 Å². The van der Waals surface area contributed by atoms with Gasteiger partial charge in [0, 0.05) is 21.8 Å². The van der Waals surface area contributed by atoms with Crippen LogP contribution >= 0.6 is 11.6 Å². The van der Waals surface area contributed by atoms with Gasteiger partial charge in [0.1, 0.15) is 5.82 Å². The molecule has 2 aromatic rings. The SMILES string of the molecule is CCc1c(C)nc(-c2ccc(Cl)cc2C)nc1NN. The summed E-state index contributed by atoms with van der Waals surface area (Å²) in [5.41, 5.74) is 6.64. The van der Waals surface area contributed by atoms with E-state index in [1.807, 2.05) is 32.0 Å². The quantitative estimate of drug-likeness (QED) is 0.667. The monoisotopic (exact) mass is 276 g/mol. The van der Waals surface area contributed by atoms with Crippen molar-refractivity contribution in [1.82, 2.24) is 9.97 Å². The topological polar surface area (TPSA) is 63.8 Å². The summed E-state index contributed by atoms with van der Waals surface area (Å²) in [5.74, 6) is 6.89. The van der Waals surface area contributed by atoms with E-state index in [1.165, 1.54) is 0 Å². The minimum Gasteiger partial charge on any atom is -0.308 e. The van der Waals surface area contributed by atoms with Crippen LogP contribution in [0.15, 0.2) is 18.2 Å². The van der Waals surface area contributed by atoms with E-state index in [9.17, 15) is 0 Å². The third kappa shape index (κ3) is 2.69. The molecule has 3 N–H and O–H groups in total. The van der Waals surface area contributed by atoms with Crippen LogP contribution in [0.5, 0.6) is 0 Å². The molecule has 0 radical (unpaired) electrons. The summed E-state index contributed by atoms with van der Waals surface area (Å²) in [4.78, 5) is 9.06. The van der Waals surface area contributed by atoms with Crippen LogP contribution < -0.4 is 11.3 Å². The lowest BCUT2D eigenvalue weighted by Crippen LogP contribution is -2.13. The van der Waals surface area contributed by atoms with Crippen molar-refractivity contribution in [2.24, 2.45) is 5.84 Å². The van der Waals surface area contributed by atoms with E-state index in [4.69, 9.17) is 17.4 Å². The van der Waals surface area contributed by atoms with Gasteiger partial charge in [0.25, 0.3) is 0 Å². The molecule has 0 spiro atoms. The molecule has 5 heteroatoms. The van der Waals surface area contributed by atoms with Crippen molar-refractivity contribution >= 4 is 17.4 Å². The molecular formula is C14H17ClN4. The molecule has 0 amide bonds. The maximum Gasteiger partial charge on any atom is 0.162 e. The number of nitrogens with zero attached hydrogens (tertiary/aromatic N) is 2. The van der Waals surface area contributed by atoms with Crippen molar-refractivity contribution in [3.05, 3.63) is 40.0 Å². The lowest BCUT2D eigenvalue weighted by atomic mass is 10.1. The molecule has 0 fully saturated rings. The summed E-state index contributed by atoms with van der Waals surface area (Å²) in [6.07, 6.45) is 0.839. The first-order valence-electron chi connectivity index (χ1n) is 6.17. The van der Waals surface area contributed by atoms with Gasteiger partial charge in [0.15, 0.2) is 5.82 Å². The lowest BCUT2D eigenvalue weighted by Gasteiger charge is -2.12. The number of aryl methyl sites for hydroxylation is 2. The number of halogens is 1. The Hall–Kier alpha value is -1.65. The van der Waals surface area contributed by atoms with Crippen molar-refractivity contribution in [2.45, 2.75) is 27.2 Å².